The number of nitrogens with zero attached hydrogens (tertiary/aromatic N) is 2. The van der Waals surface area contributed by atoms with Gasteiger partial charge in [0.05, 0.1) is 18.0 Å². The molecule has 1 aliphatic heterocycles. The maximum absolute atomic E-state index is 12.0. The van der Waals surface area contributed by atoms with E-state index in [0.717, 1.165) is 42.7 Å². The predicted octanol–water partition coefficient (Wildman–Crippen LogP) is 5.90. The van der Waals surface area contributed by atoms with Crippen LogP contribution in [0.5, 0.6) is 0 Å². The molecule has 5 heteroatoms. The Hall–Kier alpha value is -2.92. The van der Waals surface area contributed by atoms with Crippen molar-refractivity contribution in [1.29, 1.82) is 0 Å². The van der Waals surface area contributed by atoms with Gasteiger partial charge < -0.3 is 9.64 Å². The number of piperidine rings is 1. The first-order valence-corrected chi connectivity index (χ1v) is 11.3. The fourth-order valence-corrected chi connectivity index (χ4v) is 5.23. The molecule has 4 nitrogen and oxygen atoms in total. The molecule has 0 aliphatic carbocycles. The van der Waals surface area contributed by atoms with E-state index < -0.39 is 0 Å². The van der Waals surface area contributed by atoms with Crippen LogP contribution >= 0.6 is 11.3 Å². The van der Waals surface area contributed by atoms with Crippen molar-refractivity contribution in [1.82, 2.24) is 4.98 Å². The Labute approximate surface area is 180 Å². The third-order valence-electron chi connectivity index (χ3n) is 5.82. The Balaban J connectivity index is 1.35. The average molecular weight is 417 g/mol. The molecule has 3 heterocycles. The molecule has 1 fully saturated rings. The molecule has 30 heavy (non-hydrogen) atoms. The quantitative estimate of drug-likeness (QED) is 0.389. The first-order valence-electron chi connectivity index (χ1n) is 10.5. The summed E-state index contributed by atoms with van der Waals surface area (Å²) >= 11 is 1.82. The molecule has 4 aromatic rings. The SMILES string of the molecule is CCOC(=O)C1CCN(c2ccc3cc(-c4cc5ccccc5s4)ccc3n2)CC1. The number of anilines is 1. The minimum atomic E-state index is -0.0580. The number of carbonyl (C=O) groups is 1. The lowest BCUT2D eigenvalue weighted by molar-refractivity contribution is -0.148. The van der Waals surface area contributed by atoms with Gasteiger partial charge in [-0.05, 0) is 67.1 Å². The highest BCUT2D eigenvalue weighted by atomic mass is 32.1. The number of pyridine rings is 1. The van der Waals surface area contributed by atoms with Crippen molar-refractivity contribution in [2.45, 2.75) is 19.8 Å². The molecule has 1 aliphatic rings. The molecule has 2 aromatic carbocycles. The molecule has 152 valence electrons. The van der Waals surface area contributed by atoms with Gasteiger partial charge in [-0.1, -0.05) is 24.3 Å². The number of hydrogen-bond acceptors (Lipinski definition) is 5. The third kappa shape index (κ3) is 3.65. The van der Waals surface area contributed by atoms with Crippen LogP contribution in [0.4, 0.5) is 5.82 Å². The summed E-state index contributed by atoms with van der Waals surface area (Å²) in [5, 5.41) is 2.44. The van der Waals surface area contributed by atoms with Gasteiger partial charge in [-0.25, -0.2) is 4.98 Å². The minimum absolute atomic E-state index is 0.0190. The first-order chi connectivity index (χ1) is 14.7. The van der Waals surface area contributed by atoms with E-state index in [-0.39, 0.29) is 11.9 Å². The van der Waals surface area contributed by atoms with E-state index in [1.165, 1.54) is 20.5 Å². The monoisotopic (exact) mass is 416 g/mol. The maximum Gasteiger partial charge on any atom is 0.309 e. The van der Waals surface area contributed by atoms with Gasteiger partial charge in [0.2, 0.25) is 0 Å². The molecule has 0 unspecified atom stereocenters. The fraction of sp³-hybridized carbons (Fsp3) is 0.280. The van der Waals surface area contributed by atoms with E-state index in [0.29, 0.717) is 6.61 Å². The van der Waals surface area contributed by atoms with Crippen molar-refractivity contribution in [2.24, 2.45) is 5.92 Å². The molecular formula is C25H24N2O2S. The van der Waals surface area contributed by atoms with Crippen molar-refractivity contribution in [3.63, 3.8) is 0 Å². The van der Waals surface area contributed by atoms with Crippen LogP contribution in [0.3, 0.4) is 0 Å². The average Bonchev–Trinajstić information content (AvgIpc) is 3.23. The van der Waals surface area contributed by atoms with E-state index in [4.69, 9.17) is 9.72 Å². The normalized spacial score (nSPS) is 15.0. The summed E-state index contributed by atoms with van der Waals surface area (Å²) in [4.78, 5) is 20.4. The second-order valence-corrected chi connectivity index (χ2v) is 8.82. The van der Waals surface area contributed by atoms with Crippen LogP contribution in [0, 0.1) is 5.92 Å². The van der Waals surface area contributed by atoms with E-state index >= 15 is 0 Å². The Morgan fingerprint density at radius 3 is 2.70 bits per heavy atom. The Kier molecular flexibility index (Phi) is 5.13. The standard InChI is InChI=1S/C25H24N2O2S/c1-2-29-25(28)17-11-13-27(14-12-17)24-10-8-18-15-20(7-9-21(18)26-24)23-16-19-5-3-4-6-22(19)30-23/h3-10,15-17H,2,11-14H2,1H3. The van der Waals surface area contributed by atoms with Gasteiger partial charge in [-0.15, -0.1) is 11.3 Å². The van der Waals surface area contributed by atoms with Crippen molar-refractivity contribution >= 4 is 44.1 Å². The minimum Gasteiger partial charge on any atom is -0.466 e. The number of fused-ring (bicyclic) bond motifs is 2. The van der Waals surface area contributed by atoms with Crippen molar-refractivity contribution in [3.05, 3.63) is 60.7 Å². The highest BCUT2D eigenvalue weighted by Crippen LogP contribution is 2.35. The van der Waals surface area contributed by atoms with E-state index in [9.17, 15) is 4.79 Å². The summed E-state index contributed by atoms with van der Waals surface area (Å²) in [5.41, 5.74) is 2.23. The summed E-state index contributed by atoms with van der Waals surface area (Å²) in [7, 11) is 0. The van der Waals surface area contributed by atoms with Crippen LogP contribution in [-0.2, 0) is 9.53 Å². The van der Waals surface area contributed by atoms with Crippen LogP contribution in [-0.4, -0.2) is 30.6 Å². The smallest absolute Gasteiger partial charge is 0.309 e. The Morgan fingerprint density at radius 2 is 1.90 bits per heavy atom. The summed E-state index contributed by atoms with van der Waals surface area (Å²) in [6.07, 6.45) is 1.65. The lowest BCUT2D eigenvalue weighted by atomic mass is 9.97. The largest absolute Gasteiger partial charge is 0.466 e. The molecular weight excluding hydrogens is 392 g/mol. The van der Waals surface area contributed by atoms with Gasteiger partial charge in [0.1, 0.15) is 5.82 Å². The summed E-state index contributed by atoms with van der Waals surface area (Å²) in [5.74, 6) is 0.947. The van der Waals surface area contributed by atoms with E-state index in [2.05, 4.69) is 65.6 Å². The maximum atomic E-state index is 12.0. The van der Waals surface area contributed by atoms with Gasteiger partial charge in [0.25, 0.3) is 0 Å². The second kappa shape index (κ2) is 8.07. The highest BCUT2D eigenvalue weighted by molar-refractivity contribution is 7.22. The summed E-state index contributed by atoms with van der Waals surface area (Å²) in [6.45, 7) is 3.98. The molecule has 0 N–H and O–H groups in total. The zero-order valence-corrected chi connectivity index (χ0v) is 17.8. The fourth-order valence-electron chi connectivity index (χ4n) is 4.17. The second-order valence-electron chi connectivity index (χ2n) is 7.74. The molecule has 0 atom stereocenters. The molecule has 5 rings (SSSR count). The van der Waals surface area contributed by atoms with Gasteiger partial charge in [0, 0.05) is 28.1 Å². The van der Waals surface area contributed by atoms with Crippen LogP contribution in [0.15, 0.2) is 60.7 Å². The van der Waals surface area contributed by atoms with Crippen LogP contribution < -0.4 is 4.90 Å². The third-order valence-corrected chi connectivity index (χ3v) is 6.99. The number of esters is 1. The van der Waals surface area contributed by atoms with Gasteiger partial charge >= 0.3 is 5.97 Å². The Bertz CT molecular complexity index is 1180. The van der Waals surface area contributed by atoms with Gasteiger partial charge in [0.15, 0.2) is 0 Å². The number of benzene rings is 2. The molecule has 1 saturated heterocycles. The number of hydrogen-bond donors (Lipinski definition) is 0. The topological polar surface area (TPSA) is 42.4 Å². The van der Waals surface area contributed by atoms with Crippen LogP contribution in [0.2, 0.25) is 0 Å². The van der Waals surface area contributed by atoms with Crippen molar-refractivity contribution in [2.75, 3.05) is 24.6 Å². The molecule has 0 radical (unpaired) electrons. The summed E-state index contributed by atoms with van der Waals surface area (Å²) < 4.78 is 6.49. The molecule has 0 saturated carbocycles. The zero-order valence-electron chi connectivity index (χ0n) is 17.0. The lowest BCUT2D eigenvalue weighted by Gasteiger charge is -2.31. The number of rotatable bonds is 4. The molecule has 0 spiro atoms. The summed E-state index contributed by atoms with van der Waals surface area (Å²) in [6, 6.07) is 21.5. The number of carbonyl (C=O) groups excluding carboxylic acids is 1. The van der Waals surface area contributed by atoms with E-state index in [1.807, 2.05) is 18.3 Å². The van der Waals surface area contributed by atoms with Gasteiger partial charge in [-0.3, -0.25) is 4.79 Å². The molecule has 2 aromatic heterocycles. The Morgan fingerprint density at radius 1 is 1.07 bits per heavy atom. The number of aromatic nitrogens is 1. The number of thiophene rings is 1. The van der Waals surface area contributed by atoms with Gasteiger partial charge in [-0.2, -0.15) is 0 Å². The van der Waals surface area contributed by atoms with Crippen molar-refractivity contribution < 1.29 is 9.53 Å². The predicted molar refractivity (Wildman–Crippen MR) is 124 cm³/mol. The van der Waals surface area contributed by atoms with E-state index in [1.54, 1.807) is 0 Å². The molecule has 0 amide bonds. The van der Waals surface area contributed by atoms with Crippen molar-refractivity contribution in [3.8, 4) is 10.4 Å². The van der Waals surface area contributed by atoms with Crippen LogP contribution in [0.25, 0.3) is 31.4 Å². The highest BCUT2D eigenvalue weighted by Gasteiger charge is 2.26. The zero-order chi connectivity index (χ0) is 20.5. The lowest BCUT2D eigenvalue weighted by Crippen LogP contribution is -2.37. The molecule has 0 bridgehead atoms. The first kappa shape index (κ1) is 19.1. The number of ether oxygens (including phenoxy) is 1. The van der Waals surface area contributed by atoms with Crippen LogP contribution in [0.1, 0.15) is 19.8 Å².